The van der Waals surface area contributed by atoms with Gasteiger partial charge in [-0.3, -0.25) is 9.79 Å². The second kappa shape index (κ2) is 12.8. The van der Waals surface area contributed by atoms with E-state index in [0.717, 1.165) is 16.8 Å². The summed E-state index contributed by atoms with van der Waals surface area (Å²) in [7, 11) is -3.16. The standard InChI is InChI=1S/C23H30N4O3S.HI/c1-2-24-23(25-13-8-14-31(29,30)17-18-9-4-3-5-10-18)26-16-19-15-22(28)27-21-12-7-6-11-20(19)21;/h3-7,9-12,19H,2,8,13-17H2,1H3,(H,27,28)(H2,24,25,26);1H. The molecule has 1 amide bonds. The summed E-state index contributed by atoms with van der Waals surface area (Å²) in [6.07, 6.45) is 0.895. The van der Waals surface area contributed by atoms with Crippen LogP contribution in [0.25, 0.3) is 0 Å². The molecule has 0 radical (unpaired) electrons. The summed E-state index contributed by atoms with van der Waals surface area (Å²) in [4.78, 5) is 16.6. The van der Waals surface area contributed by atoms with E-state index in [2.05, 4.69) is 20.9 Å². The Morgan fingerprint density at radius 2 is 1.81 bits per heavy atom. The Morgan fingerprint density at radius 1 is 1.09 bits per heavy atom. The lowest BCUT2D eigenvalue weighted by atomic mass is 9.91. The predicted octanol–water partition coefficient (Wildman–Crippen LogP) is 3.29. The zero-order chi connectivity index (χ0) is 22.1. The van der Waals surface area contributed by atoms with Crippen LogP contribution in [0.4, 0.5) is 5.69 Å². The van der Waals surface area contributed by atoms with Gasteiger partial charge in [0.05, 0.1) is 18.1 Å². The van der Waals surface area contributed by atoms with E-state index in [4.69, 9.17) is 0 Å². The number of amides is 1. The number of para-hydroxylation sites is 1. The van der Waals surface area contributed by atoms with Crippen molar-refractivity contribution in [1.82, 2.24) is 10.6 Å². The number of hydrogen-bond donors (Lipinski definition) is 3. The summed E-state index contributed by atoms with van der Waals surface area (Å²) in [5.41, 5.74) is 2.75. The molecule has 32 heavy (non-hydrogen) atoms. The Kier molecular flexibility index (Phi) is 10.4. The van der Waals surface area contributed by atoms with Gasteiger partial charge in [0, 0.05) is 31.1 Å². The van der Waals surface area contributed by atoms with Crippen LogP contribution in [0.1, 0.15) is 36.8 Å². The lowest BCUT2D eigenvalue weighted by Crippen LogP contribution is -2.38. The van der Waals surface area contributed by atoms with Gasteiger partial charge in [-0.25, -0.2) is 8.42 Å². The fourth-order valence-electron chi connectivity index (χ4n) is 3.61. The number of nitrogens with zero attached hydrogens (tertiary/aromatic N) is 1. The molecule has 0 fully saturated rings. The average Bonchev–Trinajstić information content (AvgIpc) is 2.75. The summed E-state index contributed by atoms with van der Waals surface area (Å²) in [5, 5.41) is 9.29. The topological polar surface area (TPSA) is 99.7 Å². The minimum Gasteiger partial charge on any atom is -0.357 e. The molecular weight excluding hydrogens is 539 g/mol. The first-order chi connectivity index (χ1) is 15.0. The minimum atomic E-state index is -3.16. The van der Waals surface area contributed by atoms with Gasteiger partial charge >= 0.3 is 0 Å². The first kappa shape index (κ1) is 26.1. The van der Waals surface area contributed by atoms with Gasteiger partial charge in [-0.15, -0.1) is 24.0 Å². The van der Waals surface area contributed by atoms with Crippen LogP contribution in [-0.2, 0) is 20.4 Å². The van der Waals surface area contributed by atoms with Crippen molar-refractivity contribution in [3.8, 4) is 0 Å². The normalized spacial score (nSPS) is 15.8. The van der Waals surface area contributed by atoms with E-state index in [-0.39, 0.29) is 47.3 Å². The molecule has 7 nitrogen and oxygen atoms in total. The average molecular weight is 570 g/mol. The van der Waals surface area contributed by atoms with E-state index in [1.807, 2.05) is 61.5 Å². The van der Waals surface area contributed by atoms with E-state index in [1.54, 1.807) is 0 Å². The highest BCUT2D eigenvalue weighted by Gasteiger charge is 2.24. The molecule has 0 saturated carbocycles. The zero-order valence-corrected chi connectivity index (χ0v) is 21.4. The number of rotatable bonds is 9. The van der Waals surface area contributed by atoms with Crippen LogP contribution in [0.3, 0.4) is 0 Å². The molecule has 174 valence electrons. The Balaban J connectivity index is 0.00000363. The van der Waals surface area contributed by atoms with Crippen LogP contribution in [-0.4, -0.2) is 45.7 Å². The number of halogens is 1. The first-order valence-corrected chi connectivity index (χ1v) is 12.4. The van der Waals surface area contributed by atoms with Crippen LogP contribution < -0.4 is 16.0 Å². The number of guanidine groups is 1. The molecule has 3 N–H and O–H groups in total. The Bertz CT molecular complexity index is 1010. The van der Waals surface area contributed by atoms with Gasteiger partial charge in [-0.1, -0.05) is 48.5 Å². The lowest BCUT2D eigenvalue weighted by Gasteiger charge is -2.24. The number of nitrogens with one attached hydrogen (secondary N) is 3. The van der Waals surface area contributed by atoms with Crippen LogP contribution in [0, 0.1) is 0 Å². The third-order valence-corrected chi connectivity index (χ3v) is 6.76. The maximum atomic E-state index is 12.3. The second-order valence-electron chi connectivity index (χ2n) is 7.61. The Labute approximate surface area is 207 Å². The Hall–Kier alpha value is -2.14. The second-order valence-corrected chi connectivity index (χ2v) is 9.80. The largest absolute Gasteiger partial charge is 0.357 e. The SMILES string of the molecule is CCNC(=NCC1CC(=O)Nc2ccccc21)NCCCS(=O)(=O)Cc1ccccc1.I. The van der Waals surface area contributed by atoms with E-state index in [1.165, 1.54) is 0 Å². The number of anilines is 1. The van der Waals surface area contributed by atoms with Crippen LogP contribution in [0.15, 0.2) is 59.6 Å². The van der Waals surface area contributed by atoms with Gasteiger partial charge in [0.1, 0.15) is 0 Å². The maximum absolute atomic E-state index is 12.3. The van der Waals surface area contributed by atoms with Crippen molar-refractivity contribution in [3.63, 3.8) is 0 Å². The molecule has 0 bridgehead atoms. The number of benzene rings is 2. The van der Waals surface area contributed by atoms with E-state index >= 15 is 0 Å². The van der Waals surface area contributed by atoms with Gasteiger partial charge in [-0.05, 0) is 30.5 Å². The van der Waals surface area contributed by atoms with Gasteiger partial charge in [-0.2, -0.15) is 0 Å². The summed E-state index contributed by atoms with van der Waals surface area (Å²) in [6, 6.07) is 17.0. The third-order valence-electron chi connectivity index (χ3n) is 5.07. The number of aliphatic imine (C=N–C) groups is 1. The number of carbonyl (C=O) groups is 1. The highest BCUT2D eigenvalue weighted by molar-refractivity contribution is 14.0. The molecule has 1 heterocycles. The number of fused-ring (bicyclic) bond motifs is 1. The molecule has 0 aromatic heterocycles. The van der Waals surface area contributed by atoms with Crippen molar-refractivity contribution in [1.29, 1.82) is 0 Å². The molecule has 0 aliphatic carbocycles. The van der Waals surface area contributed by atoms with E-state index in [0.29, 0.717) is 38.4 Å². The van der Waals surface area contributed by atoms with Crippen LogP contribution >= 0.6 is 24.0 Å². The molecule has 1 aliphatic rings. The molecule has 2 aromatic carbocycles. The summed E-state index contributed by atoms with van der Waals surface area (Å²) in [6.45, 7) is 3.65. The van der Waals surface area contributed by atoms with Crippen LogP contribution in [0.2, 0.25) is 0 Å². The minimum absolute atomic E-state index is 0. The lowest BCUT2D eigenvalue weighted by molar-refractivity contribution is -0.116. The maximum Gasteiger partial charge on any atom is 0.225 e. The molecule has 1 unspecified atom stereocenters. The fourth-order valence-corrected chi connectivity index (χ4v) is 5.04. The molecule has 0 saturated heterocycles. The summed E-state index contributed by atoms with van der Waals surface area (Å²) < 4.78 is 24.7. The van der Waals surface area contributed by atoms with Gasteiger partial charge in [0.25, 0.3) is 0 Å². The third kappa shape index (κ3) is 8.09. The van der Waals surface area contributed by atoms with E-state index < -0.39 is 9.84 Å². The quantitative estimate of drug-likeness (QED) is 0.186. The Morgan fingerprint density at radius 3 is 2.56 bits per heavy atom. The summed E-state index contributed by atoms with van der Waals surface area (Å²) >= 11 is 0. The van der Waals surface area contributed by atoms with Gasteiger partial charge < -0.3 is 16.0 Å². The van der Waals surface area contributed by atoms with E-state index in [9.17, 15) is 13.2 Å². The molecule has 3 rings (SSSR count). The summed E-state index contributed by atoms with van der Waals surface area (Å²) in [5.74, 6) is 0.828. The van der Waals surface area contributed by atoms with Gasteiger partial charge in [0.15, 0.2) is 15.8 Å². The van der Waals surface area contributed by atoms with Crippen molar-refractivity contribution in [2.45, 2.75) is 31.4 Å². The van der Waals surface area contributed by atoms with Crippen molar-refractivity contribution >= 4 is 51.4 Å². The van der Waals surface area contributed by atoms with Gasteiger partial charge in [0.2, 0.25) is 5.91 Å². The highest BCUT2D eigenvalue weighted by Crippen LogP contribution is 2.31. The number of sulfone groups is 1. The van der Waals surface area contributed by atoms with Crippen molar-refractivity contribution < 1.29 is 13.2 Å². The molecule has 2 aromatic rings. The molecule has 1 atom stereocenters. The molecule has 9 heteroatoms. The van der Waals surface area contributed by atoms with Crippen molar-refractivity contribution in [2.75, 3.05) is 30.7 Å². The monoisotopic (exact) mass is 570 g/mol. The smallest absolute Gasteiger partial charge is 0.225 e. The fraction of sp³-hybridized carbons (Fsp3) is 0.391. The highest BCUT2D eigenvalue weighted by atomic mass is 127. The predicted molar refractivity (Wildman–Crippen MR) is 140 cm³/mol. The number of hydrogen-bond acceptors (Lipinski definition) is 4. The molecular formula is C23H31IN4O3S. The molecule has 1 aliphatic heterocycles. The first-order valence-electron chi connectivity index (χ1n) is 10.6. The molecule has 0 spiro atoms. The van der Waals surface area contributed by atoms with Crippen LogP contribution in [0.5, 0.6) is 0 Å². The number of carbonyl (C=O) groups excluding carboxylic acids is 1. The van der Waals surface area contributed by atoms with Crippen molar-refractivity contribution in [2.24, 2.45) is 4.99 Å². The zero-order valence-electron chi connectivity index (χ0n) is 18.2. The van der Waals surface area contributed by atoms with Crippen molar-refractivity contribution in [3.05, 3.63) is 65.7 Å².